The van der Waals surface area contributed by atoms with Crippen LogP contribution in [0.5, 0.6) is 0 Å². The molecule has 0 spiro atoms. The first kappa shape index (κ1) is 15.9. The molecule has 7 nitrogen and oxygen atoms in total. The predicted octanol–water partition coefficient (Wildman–Crippen LogP) is -0.914. The molecule has 1 aliphatic heterocycles. The Balaban J connectivity index is 2.63. The number of nitrogens with zero attached hydrogens (tertiary/aromatic N) is 1. The molecule has 1 unspecified atom stereocenters. The highest BCUT2D eigenvalue weighted by Gasteiger charge is 2.33. The van der Waals surface area contributed by atoms with Crippen molar-refractivity contribution in [2.24, 2.45) is 0 Å². The van der Waals surface area contributed by atoms with Gasteiger partial charge in [0.15, 0.2) is 9.84 Å². The van der Waals surface area contributed by atoms with Crippen LogP contribution in [0.25, 0.3) is 0 Å². The molecule has 0 aliphatic carbocycles. The summed E-state index contributed by atoms with van der Waals surface area (Å²) in [5.74, 6) is -1.47. The minimum Gasteiger partial charge on any atom is -0.481 e. The number of amides is 1. The number of sulfone groups is 1. The fraction of sp³-hybridized carbons (Fsp3) is 0.818. The molecule has 1 aliphatic rings. The van der Waals surface area contributed by atoms with Crippen molar-refractivity contribution in [1.29, 1.82) is 0 Å². The van der Waals surface area contributed by atoms with E-state index in [2.05, 4.69) is 5.32 Å². The molecule has 1 fully saturated rings. The second kappa shape index (κ2) is 6.85. The summed E-state index contributed by atoms with van der Waals surface area (Å²) in [6, 6.07) is -0.622. The van der Waals surface area contributed by atoms with Crippen LogP contribution in [0.3, 0.4) is 0 Å². The number of nitrogens with one attached hydrogen (secondary N) is 1. The van der Waals surface area contributed by atoms with E-state index in [1.807, 2.05) is 6.92 Å². The molecule has 0 bridgehead atoms. The second-order valence-electron chi connectivity index (χ2n) is 4.69. The molecule has 0 aromatic carbocycles. The van der Waals surface area contributed by atoms with Gasteiger partial charge in [0, 0.05) is 19.1 Å². The Morgan fingerprint density at radius 1 is 1.42 bits per heavy atom. The standard InChI is InChI=1S/C11H20N2O5S/c1-2-3-12-10(14)7-13-4-5-19(17,18)8-9(13)6-11(15)16/h9H,2-8H2,1H3,(H,12,14)(H,15,16). The number of carboxylic acids is 1. The monoisotopic (exact) mass is 292 g/mol. The molecule has 0 saturated carbocycles. The average Bonchev–Trinajstić information content (AvgIpc) is 2.29. The van der Waals surface area contributed by atoms with Gasteiger partial charge in [0.25, 0.3) is 0 Å². The largest absolute Gasteiger partial charge is 0.481 e. The van der Waals surface area contributed by atoms with Crippen LogP contribution in [0.2, 0.25) is 0 Å². The number of carbonyl (C=O) groups excluding carboxylic acids is 1. The minimum atomic E-state index is -3.20. The van der Waals surface area contributed by atoms with Gasteiger partial charge in [-0.15, -0.1) is 0 Å². The molecule has 110 valence electrons. The van der Waals surface area contributed by atoms with E-state index in [9.17, 15) is 18.0 Å². The van der Waals surface area contributed by atoms with E-state index in [1.54, 1.807) is 4.90 Å². The van der Waals surface area contributed by atoms with Gasteiger partial charge in [-0.25, -0.2) is 8.42 Å². The summed E-state index contributed by atoms with van der Waals surface area (Å²) in [6.45, 7) is 2.75. The Kier molecular flexibility index (Phi) is 5.74. The first-order chi connectivity index (χ1) is 8.84. The summed E-state index contributed by atoms with van der Waals surface area (Å²) >= 11 is 0. The van der Waals surface area contributed by atoms with Gasteiger partial charge in [-0.3, -0.25) is 14.5 Å². The van der Waals surface area contributed by atoms with Gasteiger partial charge >= 0.3 is 5.97 Å². The van der Waals surface area contributed by atoms with Gasteiger partial charge in [-0.2, -0.15) is 0 Å². The second-order valence-corrected chi connectivity index (χ2v) is 6.92. The van der Waals surface area contributed by atoms with Crippen molar-refractivity contribution < 1.29 is 23.1 Å². The highest BCUT2D eigenvalue weighted by molar-refractivity contribution is 7.91. The molecule has 0 aromatic heterocycles. The molecule has 1 saturated heterocycles. The van der Waals surface area contributed by atoms with Crippen molar-refractivity contribution in [3.63, 3.8) is 0 Å². The summed E-state index contributed by atoms with van der Waals surface area (Å²) in [7, 11) is -3.20. The maximum atomic E-state index is 11.6. The molecular weight excluding hydrogens is 272 g/mol. The topological polar surface area (TPSA) is 104 Å². The lowest BCUT2D eigenvalue weighted by Gasteiger charge is -2.33. The van der Waals surface area contributed by atoms with E-state index < -0.39 is 21.8 Å². The fourth-order valence-electron chi connectivity index (χ4n) is 2.02. The minimum absolute atomic E-state index is 0.0236. The van der Waals surface area contributed by atoms with E-state index >= 15 is 0 Å². The van der Waals surface area contributed by atoms with Crippen molar-refractivity contribution in [2.45, 2.75) is 25.8 Å². The third-order valence-electron chi connectivity index (χ3n) is 2.98. The number of rotatable bonds is 6. The zero-order valence-electron chi connectivity index (χ0n) is 11.0. The van der Waals surface area contributed by atoms with Crippen molar-refractivity contribution >= 4 is 21.7 Å². The fourth-order valence-corrected chi connectivity index (χ4v) is 3.62. The molecule has 1 amide bonds. The summed E-state index contributed by atoms with van der Waals surface area (Å²) in [6.07, 6.45) is 0.555. The zero-order chi connectivity index (χ0) is 14.5. The molecule has 1 rings (SSSR count). The lowest BCUT2D eigenvalue weighted by molar-refractivity contribution is -0.138. The molecule has 2 N–H and O–H groups in total. The van der Waals surface area contributed by atoms with Crippen LogP contribution < -0.4 is 5.32 Å². The molecular formula is C11H20N2O5S. The Morgan fingerprint density at radius 3 is 2.68 bits per heavy atom. The van der Waals surface area contributed by atoms with E-state index in [4.69, 9.17) is 5.11 Å². The number of carbonyl (C=O) groups is 2. The third-order valence-corrected chi connectivity index (χ3v) is 4.68. The number of hydrogen-bond acceptors (Lipinski definition) is 5. The van der Waals surface area contributed by atoms with Crippen LogP contribution in [0.4, 0.5) is 0 Å². The molecule has 0 aromatic rings. The van der Waals surface area contributed by atoms with Crippen molar-refractivity contribution in [1.82, 2.24) is 10.2 Å². The lowest BCUT2D eigenvalue weighted by atomic mass is 10.2. The smallest absolute Gasteiger partial charge is 0.304 e. The Hall–Kier alpha value is -1.15. The van der Waals surface area contributed by atoms with Gasteiger partial charge in [0.2, 0.25) is 5.91 Å². The first-order valence-corrected chi connectivity index (χ1v) is 8.09. The average molecular weight is 292 g/mol. The summed E-state index contributed by atoms with van der Waals surface area (Å²) in [4.78, 5) is 24.0. The number of aliphatic carboxylic acids is 1. The predicted molar refractivity (Wildman–Crippen MR) is 69.6 cm³/mol. The molecule has 1 heterocycles. The highest BCUT2D eigenvalue weighted by atomic mass is 32.2. The molecule has 1 atom stereocenters. The third kappa shape index (κ3) is 5.56. The van der Waals surface area contributed by atoms with Crippen LogP contribution in [-0.4, -0.2) is 67.5 Å². The lowest BCUT2D eigenvalue weighted by Crippen LogP contribution is -2.52. The number of hydrogen-bond donors (Lipinski definition) is 2. The van der Waals surface area contributed by atoms with Crippen LogP contribution in [0.15, 0.2) is 0 Å². The van der Waals surface area contributed by atoms with Gasteiger partial charge in [-0.05, 0) is 6.42 Å². The normalized spacial score (nSPS) is 22.9. The SMILES string of the molecule is CCCNC(=O)CN1CCS(=O)(=O)CC1CC(=O)O. The van der Waals surface area contributed by atoms with Crippen LogP contribution in [-0.2, 0) is 19.4 Å². The summed E-state index contributed by atoms with van der Waals surface area (Å²) in [5.41, 5.74) is 0. The summed E-state index contributed by atoms with van der Waals surface area (Å²) < 4.78 is 23.1. The van der Waals surface area contributed by atoms with Crippen LogP contribution in [0.1, 0.15) is 19.8 Å². The molecule has 8 heteroatoms. The van der Waals surface area contributed by atoms with E-state index in [0.29, 0.717) is 6.54 Å². The molecule has 0 radical (unpaired) electrons. The van der Waals surface area contributed by atoms with Gasteiger partial charge in [0.1, 0.15) is 0 Å². The Morgan fingerprint density at radius 2 is 2.11 bits per heavy atom. The Bertz CT molecular complexity index is 434. The van der Waals surface area contributed by atoms with Gasteiger partial charge < -0.3 is 10.4 Å². The van der Waals surface area contributed by atoms with E-state index in [1.165, 1.54) is 0 Å². The number of carboxylic acid groups (broad SMARTS) is 1. The quantitative estimate of drug-likeness (QED) is 0.656. The van der Waals surface area contributed by atoms with Crippen LogP contribution in [0, 0.1) is 0 Å². The zero-order valence-corrected chi connectivity index (χ0v) is 11.8. The van der Waals surface area contributed by atoms with Crippen molar-refractivity contribution in [2.75, 3.05) is 31.1 Å². The van der Waals surface area contributed by atoms with E-state index in [-0.39, 0.29) is 36.9 Å². The van der Waals surface area contributed by atoms with Crippen LogP contribution >= 0.6 is 0 Å². The van der Waals surface area contributed by atoms with E-state index in [0.717, 1.165) is 6.42 Å². The maximum absolute atomic E-state index is 11.6. The van der Waals surface area contributed by atoms with Crippen molar-refractivity contribution in [3.05, 3.63) is 0 Å². The highest BCUT2D eigenvalue weighted by Crippen LogP contribution is 2.14. The first-order valence-electron chi connectivity index (χ1n) is 6.27. The van der Waals surface area contributed by atoms with Crippen molar-refractivity contribution in [3.8, 4) is 0 Å². The summed E-state index contributed by atoms with van der Waals surface area (Å²) in [5, 5.41) is 11.5. The Labute approximate surface area is 112 Å². The molecule has 19 heavy (non-hydrogen) atoms. The maximum Gasteiger partial charge on any atom is 0.304 e. The van der Waals surface area contributed by atoms with Gasteiger partial charge in [0.05, 0.1) is 24.5 Å². The van der Waals surface area contributed by atoms with Gasteiger partial charge in [-0.1, -0.05) is 6.92 Å².